The molecule has 0 aliphatic carbocycles. The molecule has 0 radical (unpaired) electrons. The minimum Gasteiger partial charge on any atom is -0.492 e. The summed E-state index contributed by atoms with van der Waals surface area (Å²) in [5.41, 5.74) is 0.0824. The van der Waals surface area contributed by atoms with Crippen molar-refractivity contribution in [3.63, 3.8) is 0 Å². The van der Waals surface area contributed by atoms with Crippen LogP contribution in [0.25, 0.3) is 0 Å². The second kappa shape index (κ2) is 7.96. The van der Waals surface area contributed by atoms with E-state index < -0.39 is 16.0 Å². The highest BCUT2D eigenvalue weighted by molar-refractivity contribution is 7.89. The Bertz CT molecular complexity index is 584. The van der Waals surface area contributed by atoms with E-state index >= 15 is 0 Å². The highest BCUT2D eigenvalue weighted by Gasteiger charge is 2.19. The van der Waals surface area contributed by atoms with Gasteiger partial charge >= 0.3 is 5.97 Å². The fraction of sp³-hybridized carbons (Fsp3) is 0.462. The molecule has 0 bridgehead atoms. The normalized spacial score (nSPS) is 11.2. The summed E-state index contributed by atoms with van der Waals surface area (Å²) in [6, 6.07) is 3.94. The molecular formula is C13H19NO6S. The average Bonchev–Trinajstić information content (AvgIpc) is 2.43. The van der Waals surface area contributed by atoms with Gasteiger partial charge in [-0.05, 0) is 32.0 Å². The molecule has 8 heteroatoms. The minimum absolute atomic E-state index is 0.0824. The summed E-state index contributed by atoms with van der Waals surface area (Å²) in [5, 5.41) is 5.12. The molecular weight excluding hydrogens is 298 g/mol. The van der Waals surface area contributed by atoms with Crippen LogP contribution in [0.4, 0.5) is 0 Å². The highest BCUT2D eigenvalue weighted by atomic mass is 32.2. The van der Waals surface area contributed by atoms with Crippen LogP contribution in [0, 0.1) is 0 Å². The molecule has 0 fully saturated rings. The van der Waals surface area contributed by atoms with E-state index in [0.29, 0.717) is 6.61 Å². The first-order valence-corrected chi connectivity index (χ1v) is 7.99. The van der Waals surface area contributed by atoms with Gasteiger partial charge in [0, 0.05) is 6.61 Å². The van der Waals surface area contributed by atoms with Crippen molar-refractivity contribution in [2.75, 3.05) is 26.4 Å². The lowest BCUT2D eigenvalue weighted by atomic mass is 10.2. The van der Waals surface area contributed by atoms with Gasteiger partial charge in [0.15, 0.2) is 0 Å². The van der Waals surface area contributed by atoms with Crippen LogP contribution in [0.1, 0.15) is 24.2 Å². The summed E-state index contributed by atoms with van der Waals surface area (Å²) >= 11 is 0. The summed E-state index contributed by atoms with van der Waals surface area (Å²) in [4.78, 5) is 11.6. The Morgan fingerprint density at radius 1 is 1.19 bits per heavy atom. The molecule has 7 nitrogen and oxygen atoms in total. The number of hydrogen-bond acceptors (Lipinski definition) is 6. The van der Waals surface area contributed by atoms with Gasteiger partial charge < -0.3 is 14.2 Å². The molecule has 0 saturated carbocycles. The van der Waals surface area contributed by atoms with Crippen molar-refractivity contribution < 1.29 is 27.4 Å². The largest absolute Gasteiger partial charge is 0.492 e. The van der Waals surface area contributed by atoms with Gasteiger partial charge in [-0.15, -0.1) is 0 Å². The van der Waals surface area contributed by atoms with E-state index in [0.717, 1.165) is 6.07 Å². The van der Waals surface area contributed by atoms with Crippen LogP contribution in [0.2, 0.25) is 0 Å². The zero-order valence-corrected chi connectivity index (χ0v) is 12.8. The van der Waals surface area contributed by atoms with Gasteiger partial charge in [-0.1, -0.05) is 0 Å². The van der Waals surface area contributed by atoms with Gasteiger partial charge in [-0.2, -0.15) is 0 Å². The van der Waals surface area contributed by atoms with E-state index in [-0.39, 0.29) is 36.0 Å². The third-order valence-corrected chi connectivity index (χ3v) is 3.38. The molecule has 0 atom stereocenters. The number of ether oxygens (including phenoxy) is 3. The first-order chi connectivity index (χ1) is 9.90. The fourth-order valence-corrected chi connectivity index (χ4v) is 2.25. The first kappa shape index (κ1) is 17.4. The smallest absolute Gasteiger partial charge is 0.338 e. The van der Waals surface area contributed by atoms with E-state index in [1.807, 2.05) is 6.92 Å². The second-order valence-electron chi connectivity index (χ2n) is 3.97. The number of carbonyl (C=O) groups is 1. The Morgan fingerprint density at radius 2 is 1.90 bits per heavy atom. The second-order valence-corrected chi connectivity index (χ2v) is 5.50. The predicted molar refractivity (Wildman–Crippen MR) is 75.8 cm³/mol. The lowest BCUT2D eigenvalue weighted by Gasteiger charge is -2.10. The van der Waals surface area contributed by atoms with Crippen molar-refractivity contribution in [2.45, 2.75) is 18.7 Å². The number of primary sulfonamides is 1. The van der Waals surface area contributed by atoms with Gasteiger partial charge in [0.1, 0.15) is 17.3 Å². The Balaban J connectivity index is 2.92. The van der Waals surface area contributed by atoms with Crippen LogP contribution >= 0.6 is 0 Å². The first-order valence-electron chi connectivity index (χ1n) is 6.44. The van der Waals surface area contributed by atoms with E-state index in [1.54, 1.807) is 6.92 Å². The molecule has 0 spiro atoms. The van der Waals surface area contributed by atoms with Gasteiger partial charge in [0.2, 0.25) is 10.0 Å². The Morgan fingerprint density at radius 3 is 2.48 bits per heavy atom. The average molecular weight is 317 g/mol. The SMILES string of the molecule is CCOCCOC(=O)c1ccc(OCC)c(S(N)(=O)=O)c1. The Hall–Kier alpha value is -1.64. The summed E-state index contributed by atoms with van der Waals surface area (Å²) in [7, 11) is -4.00. The van der Waals surface area contributed by atoms with Crippen LogP contribution in [0.15, 0.2) is 23.1 Å². The van der Waals surface area contributed by atoms with Crippen LogP contribution < -0.4 is 9.88 Å². The lowest BCUT2D eigenvalue weighted by molar-refractivity contribution is 0.0335. The van der Waals surface area contributed by atoms with Crippen molar-refractivity contribution in [1.82, 2.24) is 0 Å². The number of sulfonamides is 1. The van der Waals surface area contributed by atoms with Crippen molar-refractivity contribution in [3.05, 3.63) is 23.8 Å². The van der Waals surface area contributed by atoms with Gasteiger partial charge in [0.25, 0.3) is 0 Å². The standard InChI is InChI=1S/C13H19NO6S/c1-3-18-7-8-20-13(15)10-5-6-11(19-4-2)12(9-10)21(14,16)17/h5-6,9H,3-4,7-8H2,1-2H3,(H2,14,16,17). The van der Waals surface area contributed by atoms with E-state index in [1.165, 1.54) is 12.1 Å². The van der Waals surface area contributed by atoms with Crippen LogP contribution in [0.3, 0.4) is 0 Å². The fourth-order valence-electron chi connectivity index (χ4n) is 1.55. The molecule has 21 heavy (non-hydrogen) atoms. The van der Waals surface area contributed by atoms with Crippen LogP contribution in [-0.4, -0.2) is 40.8 Å². The molecule has 0 aliphatic rings. The quantitative estimate of drug-likeness (QED) is 0.565. The minimum atomic E-state index is -4.00. The maximum absolute atomic E-state index is 11.8. The third kappa shape index (κ3) is 5.33. The molecule has 0 aliphatic heterocycles. The number of esters is 1. The number of nitrogens with two attached hydrogens (primary N) is 1. The number of hydrogen-bond donors (Lipinski definition) is 1. The Kier molecular flexibility index (Phi) is 6.60. The molecule has 118 valence electrons. The topological polar surface area (TPSA) is 105 Å². The van der Waals surface area contributed by atoms with E-state index in [2.05, 4.69) is 0 Å². The summed E-state index contributed by atoms with van der Waals surface area (Å²) in [5.74, 6) is -0.548. The molecule has 1 aromatic rings. The van der Waals surface area contributed by atoms with Crippen LogP contribution in [0.5, 0.6) is 5.75 Å². The van der Waals surface area contributed by atoms with Crippen molar-refractivity contribution in [2.24, 2.45) is 5.14 Å². The summed E-state index contributed by atoms with van der Waals surface area (Å²) < 4.78 is 38.2. The van der Waals surface area contributed by atoms with Crippen molar-refractivity contribution in [1.29, 1.82) is 0 Å². The maximum atomic E-state index is 11.8. The summed E-state index contributed by atoms with van der Waals surface area (Å²) in [6.45, 7) is 4.71. The van der Waals surface area contributed by atoms with Crippen LogP contribution in [-0.2, 0) is 19.5 Å². The number of rotatable bonds is 8. The molecule has 0 heterocycles. The monoisotopic (exact) mass is 317 g/mol. The van der Waals surface area contributed by atoms with Crippen molar-refractivity contribution >= 4 is 16.0 Å². The zero-order chi connectivity index (χ0) is 15.9. The molecule has 1 rings (SSSR count). The van der Waals surface area contributed by atoms with E-state index in [9.17, 15) is 13.2 Å². The lowest BCUT2D eigenvalue weighted by Crippen LogP contribution is -2.16. The molecule has 0 aromatic heterocycles. The Labute approximate surface area is 124 Å². The van der Waals surface area contributed by atoms with E-state index in [4.69, 9.17) is 19.3 Å². The molecule has 2 N–H and O–H groups in total. The number of carbonyl (C=O) groups excluding carboxylic acids is 1. The zero-order valence-electron chi connectivity index (χ0n) is 12.0. The predicted octanol–water partition coefficient (Wildman–Crippen LogP) is 0.926. The molecule has 0 amide bonds. The third-order valence-electron chi connectivity index (χ3n) is 2.45. The van der Waals surface area contributed by atoms with Gasteiger partial charge in [-0.3, -0.25) is 0 Å². The molecule has 0 unspecified atom stereocenters. The van der Waals surface area contributed by atoms with Gasteiger partial charge in [-0.25, -0.2) is 18.4 Å². The highest BCUT2D eigenvalue weighted by Crippen LogP contribution is 2.24. The number of benzene rings is 1. The maximum Gasteiger partial charge on any atom is 0.338 e. The summed E-state index contributed by atoms with van der Waals surface area (Å²) in [6.07, 6.45) is 0. The van der Waals surface area contributed by atoms with Gasteiger partial charge in [0.05, 0.1) is 18.8 Å². The molecule has 0 saturated heterocycles. The van der Waals surface area contributed by atoms with Crippen molar-refractivity contribution in [3.8, 4) is 5.75 Å². The molecule has 1 aromatic carbocycles.